The summed E-state index contributed by atoms with van der Waals surface area (Å²) in [5, 5.41) is 10.4. The van der Waals surface area contributed by atoms with E-state index in [4.69, 9.17) is 16.3 Å². The number of benzene rings is 2. The van der Waals surface area contributed by atoms with Gasteiger partial charge in [-0.1, -0.05) is 65.8 Å². The fourth-order valence-corrected chi connectivity index (χ4v) is 3.97. The molecule has 3 rings (SSSR count). The topological polar surface area (TPSA) is 43.2 Å². The Morgan fingerprint density at radius 3 is 2.62 bits per heavy atom. The van der Waals surface area contributed by atoms with Gasteiger partial charge in [-0.25, -0.2) is 0 Å². The van der Waals surface area contributed by atoms with Gasteiger partial charge in [0.2, 0.25) is 0 Å². The van der Waals surface area contributed by atoms with Crippen LogP contribution < -0.4 is 4.74 Å². The van der Waals surface area contributed by atoms with Crippen LogP contribution in [0.5, 0.6) is 5.75 Å². The van der Waals surface area contributed by atoms with Crippen LogP contribution in [0.3, 0.4) is 0 Å². The van der Waals surface area contributed by atoms with Gasteiger partial charge in [0.25, 0.3) is 0 Å². The van der Waals surface area contributed by atoms with Crippen molar-refractivity contribution in [3.63, 3.8) is 0 Å². The number of methoxy groups -OCH3 is 1. The van der Waals surface area contributed by atoms with Crippen molar-refractivity contribution < 1.29 is 4.74 Å². The summed E-state index contributed by atoms with van der Waals surface area (Å²) in [5.74, 6) is 2.57. The Labute approximate surface area is 181 Å². The fourth-order valence-electron chi connectivity index (χ4n) is 2.76. The SMILES string of the molecule is COc1ccc(C=CCN(C)Cc2nnc(SCc3ccccc3Cl)n2C)cc1. The second-order valence-electron chi connectivity index (χ2n) is 6.71. The average molecular weight is 429 g/mol. The van der Waals surface area contributed by atoms with Crippen molar-refractivity contribution in [2.45, 2.75) is 17.5 Å². The van der Waals surface area contributed by atoms with E-state index in [9.17, 15) is 0 Å². The van der Waals surface area contributed by atoms with Crippen LogP contribution in [0.25, 0.3) is 6.08 Å². The van der Waals surface area contributed by atoms with Crippen LogP contribution in [0, 0.1) is 0 Å². The Kier molecular flexibility index (Phi) is 7.75. The van der Waals surface area contributed by atoms with E-state index in [0.29, 0.717) is 0 Å². The molecular weight excluding hydrogens is 404 g/mol. The quantitative estimate of drug-likeness (QED) is 0.453. The fraction of sp³-hybridized carbons (Fsp3) is 0.273. The summed E-state index contributed by atoms with van der Waals surface area (Å²) in [7, 11) is 5.75. The lowest BCUT2D eigenvalue weighted by atomic mass is 10.2. The van der Waals surface area contributed by atoms with Crippen molar-refractivity contribution >= 4 is 29.4 Å². The zero-order chi connectivity index (χ0) is 20.6. The molecule has 1 aromatic heterocycles. The molecular formula is C22H25ClN4OS. The first-order valence-electron chi connectivity index (χ1n) is 9.30. The van der Waals surface area contributed by atoms with Crippen molar-refractivity contribution in [3.05, 3.63) is 76.6 Å². The summed E-state index contributed by atoms with van der Waals surface area (Å²) in [5.41, 5.74) is 2.25. The van der Waals surface area contributed by atoms with E-state index in [0.717, 1.165) is 51.7 Å². The number of halogens is 1. The summed E-state index contributed by atoms with van der Waals surface area (Å²) >= 11 is 7.88. The van der Waals surface area contributed by atoms with Gasteiger partial charge in [-0.05, 0) is 36.4 Å². The number of aromatic nitrogens is 3. The largest absolute Gasteiger partial charge is 0.497 e. The Morgan fingerprint density at radius 2 is 1.90 bits per heavy atom. The highest BCUT2D eigenvalue weighted by molar-refractivity contribution is 7.98. The van der Waals surface area contributed by atoms with Gasteiger partial charge in [0.1, 0.15) is 11.6 Å². The van der Waals surface area contributed by atoms with Crippen LogP contribution in [0.15, 0.2) is 59.8 Å². The molecule has 3 aromatic rings. The van der Waals surface area contributed by atoms with E-state index in [1.165, 1.54) is 0 Å². The highest BCUT2D eigenvalue weighted by atomic mass is 35.5. The molecule has 1 heterocycles. The third kappa shape index (κ3) is 6.10. The summed E-state index contributed by atoms with van der Waals surface area (Å²) in [4.78, 5) is 2.20. The summed E-state index contributed by atoms with van der Waals surface area (Å²) in [6.07, 6.45) is 4.25. The van der Waals surface area contributed by atoms with Gasteiger partial charge in [0, 0.05) is 24.4 Å². The lowest BCUT2D eigenvalue weighted by Crippen LogP contribution is -2.20. The van der Waals surface area contributed by atoms with E-state index in [1.54, 1.807) is 18.9 Å². The lowest BCUT2D eigenvalue weighted by Gasteiger charge is -2.13. The monoisotopic (exact) mass is 428 g/mol. The molecule has 0 bridgehead atoms. The minimum atomic E-state index is 0.725. The normalized spacial score (nSPS) is 11.5. The second-order valence-corrected chi connectivity index (χ2v) is 8.06. The lowest BCUT2D eigenvalue weighted by molar-refractivity contribution is 0.347. The van der Waals surface area contributed by atoms with Gasteiger partial charge in [-0.2, -0.15) is 0 Å². The maximum absolute atomic E-state index is 6.24. The van der Waals surface area contributed by atoms with Gasteiger partial charge in [0.15, 0.2) is 5.16 Å². The summed E-state index contributed by atoms with van der Waals surface area (Å²) in [6.45, 7) is 1.55. The molecule has 0 spiro atoms. The minimum Gasteiger partial charge on any atom is -0.497 e. The molecule has 0 unspecified atom stereocenters. The summed E-state index contributed by atoms with van der Waals surface area (Å²) in [6, 6.07) is 15.9. The van der Waals surface area contributed by atoms with Crippen molar-refractivity contribution in [1.29, 1.82) is 0 Å². The van der Waals surface area contributed by atoms with Crippen LogP contribution in [0.1, 0.15) is 17.0 Å². The van der Waals surface area contributed by atoms with Crippen molar-refractivity contribution in [2.75, 3.05) is 20.7 Å². The molecule has 5 nitrogen and oxygen atoms in total. The Hall–Kier alpha value is -2.28. The predicted molar refractivity (Wildman–Crippen MR) is 120 cm³/mol. The zero-order valence-electron chi connectivity index (χ0n) is 16.9. The molecule has 2 aromatic carbocycles. The molecule has 0 aliphatic heterocycles. The van der Waals surface area contributed by atoms with E-state index in [1.807, 2.05) is 60.1 Å². The van der Waals surface area contributed by atoms with Gasteiger partial charge in [-0.3, -0.25) is 4.90 Å². The van der Waals surface area contributed by atoms with Crippen LogP contribution in [0.4, 0.5) is 0 Å². The van der Waals surface area contributed by atoms with Crippen LogP contribution in [0.2, 0.25) is 5.02 Å². The van der Waals surface area contributed by atoms with Crippen LogP contribution >= 0.6 is 23.4 Å². The van der Waals surface area contributed by atoms with Gasteiger partial charge < -0.3 is 9.30 Å². The molecule has 0 amide bonds. The molecule has 0 aliphatic carbocycles. The van der Waals surface area contributed by atoms with Crippen LogP contribution in [-0.2, 0) is 19.3 Å². The van der Waals surface area contributed by atoms with Crippen molar-refractivity contribution in [1.82, 2.24) is 19.7 Å². The van der Waals surface area contributed by atoms with Gasteiger partial charge in [-0.15, -0.1) is 10.2 Å². The van der Waals surface area contributed by atoms with E-state index >= 15 is 0 Å². The first-order chi connectivity index (χ1) is 14.1. The van der Waals surface area contributed by atoms with Gasteiger partial charge >= 0.3 is 0 Å². The molecule has 0 N–H and O–H groups in total. The van der Waals surface area contributed by atoms with Gasteiger partial charge in [0.05, 0.1) is 13.7 Å². The van der Waals surface area contributed by atoms with E-state index < -0.39 is 0 Å². The standard InChI is InChI=1S/C22H25ClN4OS/c1-26(14-6-7-17-10-12-19(28-3)13-11-17)15-21-24-25-22(27(21)2)29-16-18-8-4-5-9-20(18)23/h4-13H,14-16H2,1-3H3. The summed E-state index contributed by atoms with van der Waals surface area (Å²) < 4.78 is 7.23. The van der Waals surface area contributed by atoms with Crippen LogP contribution in [-0.4, -0.2) is 40.4 Å². The minimum absolute atomic E-state index is 0.725. The molecule has 7 heteroatoms. The number of thioether (sulfide) groups is 1. The van der Waals surface area contributed by atoms with E-state index in [2.05, 4.69) is 34.3 Å². The number of hydrogen-bond donors (Lipinski definition) is 0. The number of hydrogen-bond acceptors (Lipinski definition) is 5. The third-order valence-corrected chi connectivity index (χ3v) is 5.93. The first-order valence-corrected chi connectivity index (χ1v) is 10.7. The van der Waals surface area contributed by atoms with Crippen molar-refractivity contribution in [2.24, 2.45) is 7.05 Å². The number of nitrogens with zero attached hydrogens (tertiary/aromatic N) is 4. The predicted octanol–water partition coefficient (Wildman–Crippen LogP) is 4.91. The molecule has 0 atom stereocenters. The molecule has 0 saturated carbocycles. The molecule has 0 aliphatic rings. The highest BCUT2D eigenvalue weighted by Crippen LogP contribution is 2.25. The Bertz CT molecular complexity index is 956. The molecule has 0 saturated heterocycles. The first kappa shape index (κ1) is 21.4. The molecule has 0 fully saturated rings. The Morgan fingerprint density at radius 1 is 1.14 bits per heavy atom. The highest BCUT2D eigenvalue weighted by Gasteiger charge is 2.11. The maximum atomic E-state index is 6.24. The van der Waals surface area contributed by atoms with Crippen molar-refractivity contribution in [3.8, 4) is 5.75 Å². The van der Waals surface area contributed by atoms with E-state index in [-0.39, 0.29) is 0 Å². The molecule has 152 valence electrons. The maximum Gasteiger partial charge on any atom is 0.191 e. The molecule has 29 heavy (non-hydrogen) atoms. The number of rotatable bonds is 9. The second kappa shape index (κ2) is 10.5. The number of ether oxygens (including phenoxy) is 1. The molecule has 0 radical (unpaired) electrons. The third-order valence-electron chi connectivity index (χ3n) is 4.49. The smallest absolute Gasteiger partial charge is 0.191 e. The number of likely N-dealkylation sites (N-methyl/N-ethyl adjacent to an activating group) is 1. The zero-order valence-corrected chi connectivity index (χ0v) is 18.5. The Balaban J connectivity index is 1.52. The average Bonchev–Trinajstić information content (AvgIpc) is 3.07.